The van der Waals surface area contributed by atoms with Crippen molar-refractivity contribution >= 4 is 42.7 Å². The number of likely N-dealkylation sites (tertiary alicyclic amines) is 1. The molecule has 3 heterocycles. The summed E-state index contributed by atoms with van der Waals surface area (Å²) in [4.78, 5) is 47.8. The molecule has 12 nitrogen and oxygen atoms in total. The van der Waals surface area contributed by atoms with Crippen LogP contribution in [0.3, 0.4) is 0 Å². The zero-order valence-corrected chi connectivity index (χ0v) is 32.2. The lowest BCUT2D eigenvalue weighted by atomic mass is 10.00. The Morgan fingerprint density at radius 1 is 1.04 bits per heavy atom. The van der Waals surface area contributed by atoms with Crippen LogP contribution in [-0.4, -0.2) is 96.5 Å². The van der Waals surface area contributed by atoms with Crippen molar-refractivity contribution in [1.82, 2.24) is 24.6 Å². The van der Waals surface area contributed by atoms with Gasteiger partial charge in [0.25, 0.3) is 5.91 Å². The van der Waals surface area contributed by atoms with E-state index in [2.05, 4.69) is 25.0 Å². The molecule has 1 atom stereocenters. The van der Waals surface area contributed by atoms with Gasteiger partial charge in [0.15, 0.2) is 5.65 Å². The summed E-state index contributed by atoms with van der Waals surface area (Å²) in [5, 5.41) is 8.68. The summed E-state index contributed by atoms with van der Waals surface area (Å²) in [6.07, 6.45) is 2.39. The molecule has 0 radical (unpaired) electrons. The molecule has 1 N–H and O–H groups in total. The van der Waals surface area contributed by atoms with E-state index in [1.807, 2.05) is 36.4 Å². The predicted octanol–water partition coefficient (Wildman–Crippen LogP) is 7.13. The van der Waals surface area contributed by atoms with Gasteiger partial charge in [-0.2, -0.15) is 5.10 Å². The number of anilines is 1. The van der Waals surface area contributed by atoms with E-state index in [1.165, 1.54) is 9.80 Å². The highest BCUT2D eigenvalue weighted by atomic mass is 28.3. The van der Waals surface area contributed by atoms with E-state index in [4.69, 9.17) is 24.3 Å². The number of rotatable bonds is 11. The third-order valence-corrected chi connectivity index (χ3v) is 10.3. The number of benzene rings is 2. The standard InChI is InChI=1S/C38H50N6O6Si/c1-38(2,3)50-37(47)43-18-12-14-31(43)35(45)40-30-17-16-25(21-28(30)36(46)42(4)5)26-22-29-33(27-13-10-11-15-32(27)48-6)41-44(34(29)39-23-26)24-49-19-20-51(7,8)9/h10-11,13,15-17,21-23,31H,12,14,18-20,24H2,1-9H3,(H,40,45). The van der Waals surface area contributed by atoms with E-state index in [1.54, 1.807) is 65.0 Å². The summed E-state index contributed by atoms with van der Waals surface area (Å²) in [6.45, 7) is 13.6. The van der Waals surface area contributed by atoms with Gasteiger partial charge in [-0.1, -0.05) is 37.8 Å². The first-order valence-electron chi connectivity index (χ1n) is 17.3. The van der Waals surface area contributed by atoms with Crippen LogP contribution in [-0.2, 0) is 21.0 Å². The highest BCUT2D eigenvalue weighted by Gasteiger charge is 2.37. The lowest BCUT2D eigenvalue weighted by Gasteiger charge is -2.28. The molecule has 0 spiro atoms. The Balaban J connectivity index is 1.50. The fourth-order valence-electron chi connectivity index (χ4n) is 5.92. The minimum Gasteiger partial charge on any atom is -0.496 e. The van der Waals surface area contributed by atoms with Gasteiger partial charge in [-0.05, 0) is 75.6 Å². The third kappa shape index (κ3) is 8.95. The zero-order valence-electron chi connectivity index (χ0n) is 31.2. The van der Waals surface area contributed by atoms with Crippen molar-refractivity contribution in [2.75, 3.05) is 39.7 Å². The molecule has 51 heavy (non-hydrogen) atoms. The number of amides is 3. The van der Waals surface area contributed by atoms with E-state index in [9.17, 15) is 14.4 Å². The number of nitrogens with one attached hydrogen (secondary N) is 1. The van der Waals surface area contributed by atoms with E-state index in [0.29, 0.717) is 54.3 Å². The zero-order chi connectivity index (χ0) is 37.1. The van der Waals surface area contributed by atoms with Crippen LogP contribution in [0.2, 0.25) is 25.7 Å². The Bertz CT molecular complexity index is 1910. The maximum Gasteiger partial charge on any atom is 0.410 e. The molecule has 1 aliphatic heterocycles. The summed E-state index contributed by atoms with van der Waals surface area (Å²) in [6, 6.07) is 15.4. The molecule has 0 bridgehead atoms. The topological polar surface area (TPSA) is 128 Å². The Kier molecular flexibility index (Phi) is 11.2. The second-order valence-electron chi connectivity index (χ2n) is 15.3. The summed E-state index contributed by atoms with van der Waals surface area (Å²) in [7, 11) is 3.69. The molecule has 13 heteroatoms. The lowest BCUT2D eigenvalue weighted by molar-refractivity contribution is -0.120. The van der Waals surface area contributed by atoms with Gasteiger partial charge < -0.3 is 24.4 Å². The molecule has 5 rings (SSSR count). The quantitative estimate of drug-likeness (QED) is 0.128. The van der Waals surface area contributed by atoms with Gasteiger partial charge in [-0.15, -0.1) is 0 Å². The van der Waals surface area contributed by atoms with E-state index in [-0.39, 0.29) is 18.5 Å². The Labute approximate surface area is 301 Å². The number of carbonyl (C=O) groups excluding carboxylic acids is 3. The number of hydrogen-bond donors (Lipinski definition) is 1. The molecular weight excluding hydrogens is 665 g/mol. The van der Waals surface area contributed by atoms with Gasteiger partial charge in [0.2, 0.25) is 5.91 Å². The molecule has 1 aliphatic rings. The van der Waals surface area contributed by atoms with Gasteiger partial charge in [-0.3, -0.25) is 14.5 Å². The van der Waals surface area contributed by atoms with Crippen LogP contribution in [0.5, 0.6) is 5.75 Å². The molecule has 4 aromatic rings. The second-order valence-corrected chi connectivity index (χ2v) is 20.9. The Morgan fingerprint density at radius 2 is 1.78 bits per heavy atom. The van der Waals surface area contributed by atoms with Gasteiger partial charge in [0.05, 0.1) is 18.4 Å². The number of pyridine rings is 1. The number of hydrogen-bond acceptors (Lipinski definition) is 8. The normalized spacial score (nSPS) is 14.8. The maximum atomic E-state index is 13.6. The fourth-order valence-corrected chi connectivity index (χ4v) is 6.68. The fraction of sp³-hybridized carbons (Fsp3) is 0.447. The predicted molar refractivity (Wildman–Crippen MR) is 202 cm³/mol. The molecule has 0 saturated carbocycles. The minimum absolute atomic E-state index is 0.255. The number of aromatic nitrogens is 3. The van der Waals surface area contributed by atoms with Crippen molar-refractivity contribution in [3.8, 4) is 28.1 Å². The van der Waals surface area contributed by atoms with Crippen molar-refractivity contribution < 1.29 is 28.6 Å². The van der Waals surface area contributed by atoms with E-state index < -0.39 is 25.8 Å². The first-order chi connectivity index (χ1) is 24.1. The molecule has 3 amide bonds. The van der Waals surface area contributed by atoms with Crippen LogP contribution in [0.25, 0.3) is 33.4 Å². The summed E-state index contributed by atoms with van der Waals surface area (Å²) >= 11 is 0. The van der Waals surface area contributed by atoms with Crippen LogP contribution in [0.4, 0.5) is 10.5 Å². The lowest BCUT2D eigenvalue weighted by Crippen LogP contribution is -2.45. The minimum atomic E-state index is -1.27. The number of fused-ring (bicyclic) bond motifs is 1. The monoisotopic (exact) mass is 714 g/mol. The third-order valence-electron chi connectivity index (χ3n) is 8.59. The van der Waals surface area contributed by atoms with E-state index >= 15 is 0 Å². The van der Waals surface area contributed by atoms with E-state index in [0.717, 1.165) is 28.1 Å². The number of methoxy groups -OCH3 is 1. The van der Waals surface area contributed by atoms with Crippen LogP contribution in [0.15, 0.2) is 54.7 Å². The average molecular weight is 715 g/mol. The van der Waals surface area contributed by atoms with Gasteiger partial charge in [-0.25, -0.2) is 14.5 Å². The van der Waals surface area contributed by atoms with Crippen molar-refractivity contribution in [1.29, 1.82) is 0 Å². The van der Waals surface area contributed by atoms with Crippen LogP contribution < -0.4 is 10.1 Å². The first-order valence-corrected chi connectivity index (χ1v) is 21.0. The molecule has 1 unspecified atom stereocenters. The van der Waals surface area contributed by atoms with Crippen molar-refractivity contribution in [3.63, 3.8) is 0 Å². The highest BCUT2D eigenvalue weighted by molar-refractivity contribution is 6.76. The number of para-hydroxylation sites is 1. The molecule has 1 fully saturated rings. The van der Waals surface area contributed by atoms with Crippen molar-refractivity contribution in [2.24, 2.45) is 0 Å². The summed E-state index contributed by atoms with van der Waals surface area (Å²) in [5.74, 6) is 0.0260. The van der Waals surface area contributed by atoms with Gasteiger partial charge in [0, 0.05) is 58.0 Å². The Hall–Kier alpha value is -4.75. The molecular formula is C38H50N6O6Si. The molecule has 0 aliphatic carbocycles. The van der Waals surface area contributed by atoms with Crippen molar-refractivity contribution in [2.45, 2.75) is 77.7 Å². The number of nitrogens with zero attached hydrogens (tertiary/aromatic N) is 5. The molecule has 2 aromatic heterocycles. The smallest absolute Gasteiger partial charge is 0.410 e. The van der Waals surface area contributed by atoms with Crippen LogP contribution in [0.1, 0.15) is 44.0 Å². The van der Waals surface area contributed by atoms with Crippen LogP contribution >= 0.6 is 0 Å². The molecule has 272 valence electrons. The van der Waals surface area contributed by atoms with Crippen LogP contribution in [0, 0.1) is 0 Å². The number of carbonyl (C=O) groups is 3. The van der Waals surface area contributed by atoms with Gasteiger partial charge >= 0.3 is 6.09 Å². The number of ether oxygens (including phenoxy) is 3. The second kappa shape index (κ2) is 15.2. The molecule has 1 saturated heterocycles. The summed E-state index contributed by atoms with van der Waals surface area (Å²) in [5.41, 5.74) is 3.64. The molecule has 2 aromatic carbocycles. The maximum absolute atomic E-state index is 13.6. The Morgan fingerprint density at radius 3 is 2.47 bits per heavy atom. The van der Waals surface area contributed by atoms with Gasteiger partial charge in [0.1, 0.15) is 29.8 Å². The van der Waals surface area contributed by atoms with Crippen molar-refractivity contribution in [3.05, 3.63) is 60.3 Å². The largest absolute Gasteiger partial charge is 0.496 e. The highest BCUT2D eigenvalue weighted by Crippen LogP contribution is 2.36. The summed E-state index contributed by atoms with van der Waals surface area (Å²) < 4.78 is 19.1. The SMILES string of the molecule is COc1ccccc1-c1nn(COCC[Si](C)(C)C)c2ncc(-c3ccc(NC(=O)C4CCCN4C(=O)OC(C)(C)C)c(C(=O)N(C)C)c3)cc12. The first kappa shape index (κ1) is 37.5. The average Bonchev–Trinajstić information content (AvgIpc) is 3.71.